The van der Waals surface area contributed by atoms with E-state index in [0.29, 0.717) is 0 Å². The van der Waals surface area contributed by atoms with Gasteiger partial charge in [0.25, 0.3) is 0 Å². The molecule has 1 amide bonds. The van der Waals surface area contributed by atoms with Gasteiger partial charge in [-0.2, -0.15) is 11.8 Å². The first-order valence-electron chi connectivity index (χ1n) is 3.60. The van der Waals surface area contributed by atoms with Gasteiger partial charge in [-0.05, 0) is 19.7 Å². The van der Waals surface area contributed by atoms with E-state index in [1.54, 1.807) is 11.8 Å². The summed E-state index contributed by atoms with van der Waals surface area (Å²) in [5.41, 5.74) is 4.68. The van der Waals surface area contributed by atoms with Gasteiger partial charge < -0.3 is 11.1 Å². The minimum absolute atomic E-state index is 0.284. The molecule has 0 saturated carbocycles. The Morgan fingerprint density at radius 3 is 2.55 bits per heavy atom. The summed E-state index contributed by atoms with van der Waals surface area (Å²) in [5, 5.41) is 3.06. The highest BCUT2D eigenvalue weighted by atomic mass is 32.2. The second kappa shape index (κ2) is 4.62. The van der Waals surface area contributed by atoms with Crippen molar-refractivity contribution in [3.05, 3.63) is 0 Å². The lowest BCUT2D eigenvalue weighted by molar-refractivity contribution is -0.122. The molecule has 0 aliphatic rings. The summed E-state index contributed by atoms with van der Waals surface area (Å²) in [6.45, 7) is 4.55. The van der Waals surface area contributed by atoms with Gasteiger partial charge in [0.15, 0.2) is 0 Å². The van der Waals surface area contributed by atoms with E-state index >= 15 is 0 Å². The highest BCUT2D eigenvalue weighted by molar-refractivity contribution is 7.98. The molecule has 1 atom stereocenters. The fourth-order valence-corrected chi connectivity index (χ4v) is 1.71. The second-order valence-electron chi connectivity index (χ2n) is 2.66. The first-order chi connectivity index (χ1) is 5.06. The Kier molecular flexibility index (Phi) is 4.52. The maximum atomic E-state index is 10.9. The van der Waals surface area contributed by atoms with Crippen LogP contribution in [-0.4, -0.2) is 30.0 Å². The second-order valence-corrected chi connectivity index (χ2v) is 3.53. The van der Waals surface area contributed by atoms with Crippen LogP contribution in [0, 0.1) is 0 Å². The van der Waals surface area contributed by atoms with E-state index < -0.39 is 5.54 Å². The normalized spacial score (nSPS) is 15.9. The van der Waals surface area contributed by atoms with Crippen LogP contribution in [0.4, 0.5) is 0 Å². The van der Waals surface area contributed by atoms with Crippen molar-refractivity contribution in [3.8, 4) is 0 Å². The number of nitrogens with two attached hydrogens (primary N) is 1. The van der Waals surface area contributed by atoms with Crippen molar-refractivity contribution in [2.24, 2.45) is 5.73 Å². The van der Waals surface area contributed by atoms with Crippen LogP contribution in [-0.2, 0) is 4.79 Å². The number of carbonyl (C=O) groups excluding carboxylic acids is 1. The van der Waals surface area contributed by atoms with Crippen molar-refractivity contribution in [3.63, 3.8) is 0 Å². The Balaban J connectivity index is 4.13. The molecular weight excluding hydrogens is 160 g/mol. The van der Waals surface area contributed by atoms with Gasteiger partial charge in [0.1, 0.15) is 5.54 Å². The van der Waals surface area contributed by atoms with E-state index in [9.17, 15) is 4.79 Å². The Hall–Kier alpha value is -0.220. The summed E-state index contributed by atoms with van der Waals surface area (Å²) in [6.07, 6.45) is 1.96. The number of thioether (sulfide) groups is 1. The Labute approximate surface area is 72.1 Å². The number of hydrogen-bond acceptors (Lipinski definition) is 3. The van der Waals surface area contributed by atoms with E-state index in [0.717, 1.165) is 12.3 Å². The minimum atomic E-state index is -0.547. The van der Waals surface area contributed by atoms with Crippen molar-refractivity contribution in [1.29, 1.82) is 0 Å². The average molecular weight is 176 g/mol. The number of nitrogens with one attached hydrogen (secondary N) is 1. The number of carbonyl (C=O) groups is 1. The van der Waals surface area contributed by atoms with Crippen LogP contribution >= 0.6 is 11.8 Å². The van der Waals surface area contributed by atoms with Gasteiger partial charge in [-0.3, -0.25) is 4.79 Å². The standard InChI is InChI=1S/C7H16N2OS/c1-4-9-7(2,5-11-3)6(8)10/h9H,4-5H2,1-3H3,(H2,8,10). The van der Waals surface area contributed by atoms with Gasteiger partial charge in [0, 0.05) is 5.75 Å². The van der Waals surface area contributed by atoms with Crippen LogP contribution in [0.15, 0.2) is 0 Å². The minimum Gasteiger partial charge on any atom is -0.368 e. The molecule has 0 fully saturated rings. The smallest absolute Gasteiger partial charge is 0.238 e. The topological polar surface area (TPSA) is 55.1 Å². The van der Waals surface area contributed by atoms with Gasteiger partial charge in [-0.1, -0.05) is 6.92 Å². The average Bonchev–Trinajstić information content (AvgIpc) is 1.88. The van der Waals surface area contributed by atoms with Crippen LogP contribution < -0.4 is 11.1 Å². The highest BCUT2D eigenvalue weighted by Crippen LogP contribution is 2.09. The third-order valence-electron chi connectivity index (χ3n) is 1.54. The third kappa shape index (κ3) is 3.12. The lowest BCUT2D eigenvalue weighted by atomic mass is 10.1. The van der Waals surface area contributed by atoms with Crippen molar-refractivity contribution < 1.29 is 4.79 Å². The quantitative estimate of drug-likeness (QED) is 0.629. The summed E-state index contributed by atoms with van der Waals surface area (Å²) >= 11 is 1.61. The summed E-state index contributed by atoms with van der Waals surface area (Å²) in [4.78, 5) is 10.9. The van der Waals surface area contributed by atoms with Gasteiger partial charge in [0.05, 0.1) is 0 Å². The fourth-order valence-electron chi connectivity index (χ4n) is 0.888. The number of primary amides is 1. The molecule has 0 heterocycles. The van der Waals surface area contributed by atoms with Crippen molar-refractivity contribution >= 4 is 17.7 Å². The van der Waals surface area contributed by atoms with E-state index in [-0.39, 0.29) is 5.91 Å². The summed E-state index contributed by atoms with van der Waals surface area (Å²) in [6, 6.07) is 0. The van der Waals surface area contributed by atoms with E-state index in [4.69, 9.17) is 5.73 Å². The molecule has 0 bridgehead atoms. The van der Waals surface area contributed by atoms with Gasteiger partial charge in [-0.15, -0.1) is 0 Å². The maximum Gasteiger partial charge on any atom is 0.238 e. The predicted molar refractivity (Wildman–Crippen MR) is 49.7 cm³/mol. The summed E-state index contributed by atoms with van der Waals surface area (Å²) in [7, 11) is 0. The Morgan fingerprint density at radius 1 is 1.73 bits per heavy atom. The van der Waals surface area contributed by atoms with Gasteiger partial charge in [-0.25, -0.2) is 0 Å². The van der Waals surface area contributed by atoms with Gasteiger partial charge in [0.2, 0.25) is 5.91 Å². The first-order valence-corrected chi connectivity index (χ1v) is 5.00. The molecule has 66 valence electrons. The van der Waals surface area contributed by atoms with E-state index in [2.05, 4.69) is 5.32 Å². The first kappa shape index (κ1) is 10.8. The van der Waals surface area contributed by atoms with Gasteiger partial charge >= 0.3 is 0 Å². The Bertz CT molecular complexity index is 132. The fraction of sp³-hybridized carbons (Fsp3) is 0.857. The largest absolute Gasteiger partial charge is 0.368 e. The zero-order valence-electron chi connectivity index (χ0n) is 7.31. The van der Waals surface area contributed by atoms with E-state index in [1.807, 2.05) is 20.1 Å². The lowest BCUT2D eigenvalue weighted by Crippen LogP contribution is -2.54. The summed E-state index contributed by atoms with van der Waals surface area (Å²) < 4.78 is 0. The zero-order valence-corrected chi connectivity index (χ0v) is 8.12. The zero-order chi connectivity index (χ0) is 8.91. The predicted octanol–water partition coefficient (Wildman–Crippen LogP) is 0.203. The molecule has 0 aromatic rings. The van der Waals surface area contributed by atoms with E-state index in [1.165, 1.54) is 0 Å². The molecule has 0 saturated heterocycles. The molecule has 4 heteroatoms. The van der Waals surface area contributed by atoms with Crippen LogP contribution in [0.3, 0.4) is 0 Å². The van der Waals surface area contributed by atoms with Crippen molar-refractivity contribution in [1.82, 2.24) is 5.32 Å². The molecular formula is C7H16N2OS. The van der Waals surface area contributed by atoms with Crippen LogP contribution in [0.5, 0.6) is 0 Å². The summed E-state index contributed by atoms with van der Waals surface area (Å²) in [5.74, 6) is 0.435. The van der Waals surface area contributed by atoms with Crippen LogP contribution in [0.2, 0.25) is 0 Å². The number of rotatable bonds is 5. The van der Waals surface area contributed by atoms with Crippen LogP contribution in [0.1, 0.15) is 13.8 Å². The molecule has 0 aromatic heterocycles. The van der Waals surface area contributed by atoms with Crippen LogP contribution in [0.25, 0.3) is 0 Å². The molecule has 0 aliphatic carbocycles. The molecule has 11 heavy (non-hydrogen) atoms. The molecule has 0 radical (unpaired) electrons. The molecule has 3 N–H and O–H groups in total. The van der Waals surface area contributed by atoms with Crippen molar-refractivity contribution in [2.45, 2.75) is 19.4 Å². The molecule has 3 nitrogen and oxygen atoms in total. The third-order valence-corrected chi connectivity index (χ3v) is 2.41. The molecule has 0 aliphatic heterocycles. The monoisotopic (exact) mass is 176 g/mol. The number of hydrogen-bond donors (Lipinski definition) is 2. The number of amides is 1. The highest BCUT2D eigenvalue weighted by Gasteiger charge is 2.28. The maximum absolute atomic E-state index is 10.9. The Morgan fingerprint density at radius 2 is 2.27 bits per heavy atom. The van der Waals surface area contributed by atoms with Crippen molar-refractivity contribution in [2.75, 3.05) is 18.6 Å². The molecule has 0 rings (SSSR count). The SMILES string of the molecule is CCNC(C)(CSC)C(N)=O. The lowest BCUT2D eigenvalue weighted by Gasteiger charge is -2.25. The molecule has 0 aromatic carbocycles. The number of likely N-dealkylation sites (N-methyl/N-ethyl adjacent to an activating group) is 1. The molecule has 0 spiro atoms. The molecule has 1 unspecified atom stereocenters.